The number of ether oxygens (including phenoxy) is 6. The summed E-state index contributed by atoms with van der Waals surface area (Å²) in [4.78, 5) is 29.0. The maximum atomic E-state index is 13.5. The molecule has 38 heavy (non-hydrogen) atoms. The third-order valence-electron chi connectivity index (χ3n) is 6.87. The predicted molar refractivity (Wildman–Crippen MR) is 136 cm³/mol. The van der Waals surface area contributed by atoms with Gasteiger partial charge >= 0.3 is 6.16 Å². The van der Waals surface area contributed by atoms with E-state index in [1.165, 1.54) is 0 Å². The van der Waals surface area contributed by atoms with E-state index in [0.29, 0.717) is 50.1 Å². The number of amides is 1. The second kappa shape index (κ2) is 12.8. The van der Waals surface area contributed by atoms with Crippen LogP contribution in [0.5, 0.6) is 17.2 Å². The van der Waals surface area contributed by atoms with E-state index in [2.05, 4.69) is 0 Å². The highest BCUT2D eigenvalue weighted by Gasteiger charge is 2.47. The number of likely N-dealkylation sites (tertiary alicyclic amines) is 1. The van der Waals surface area contributed by atoms with Gasteiger partial charge in [-0.15, -0.1) is 0 Å². The van der Waals surface area contributed by atoms with Crippen molar-refractivity contribution in [2.75, 3.05) is 67.5 Å². The third kappa shape index (κ3) is 6.29. The average molecular weight is 531 g/mol. The number of carbonyl (C=O) groups is 2. The second-order valence-corrected chi connectivity index (χ2v) is 9.08. The van der Waals surface area contributed by atoms with E-state index < -0.39 is 18.3 Å². The first-order chi connectivity index (χ1) is 18.4. The standard InChI is InChI=1S/C27H34N2O9/c1-33-12-10-28(11-13-34-2)24(30)16-29-15-21(19-6-9-22-23(14-19)37-17-36-22)26(38-27(31)32)25(29)18-4-7-20(35-3)8-5-18/h4-9,14,21,25-26H,10-13,15-17H2,1-3H3,(H,31,32)/t21-,25-,26+/m1/s1. The van der Waals surface area contributed by atoms with E-state index >= 15 is 0 Å². The van der Waals surface area contributed by atoms with E-state index in [0.717, 1.165) is 11.1 Å². The molecule has 0 radical (unpaired) electrons. The van der Waals surface area contributed by atoms with E-state index in [9.17, 15) is 14.7 Å². The van der Waals surface area contributed by atoms with Gasteiger partial charge in [-0.25, -0.2) is 4.79 Å². The molecule has 2 heterocycles. The molecule has 0 bridgehead atoms. The maximum absolute atomic E-state index is 13.5. The number of hydrogen-bond donors (Lipinski definition) is 1. The Morgan fingerprint density at radius 1 is 0.974 bits per heavy atom. The lowest BCUT2D eigenvalue weighted by Gasteiger charge is -2.30. The van der Waals surface area contributed by atoms with Gasteiger partial charge in [0.05, 0.1) is 32.9 Å². The Morgan fingerprint density at radius 2 is 1.63 bits per heavy atom. The molecular formula is C27H34N2O9. The first-order valence-electron chi connectivity index (χ1n) is 12.4. The van der Waals surface area contributed by atoms with Crippen LogP contribution in [-0.2, 0) is 19.0 Å². The molecule has 1 saturated heterocycles. The van der Waals surface area contributed by atoms with Crippen molar-refractivity contribution in [1.29, 1.82) is 0 Å². The number of methoxy groups -OCH3 is 3. The van der Waals surface area contributed by atoms with Gasteiger partial charge in [0.15, 0.2) is 11.5 Å². The van der Waals surface area contributed by atoms with Crippen LogP contribution in [0.15, 0.2) is 42.5 Å². The summed E-state index contributed by atoms with van der Waals surface area (Å²) < 4.78 is 32.2. The Balaban J connectivity index is 1.68. The number of carboxylic acid groups (broad SMARTS) is 1. The van der Waals surface area contributed by atoms with Gasteiger partial charge in [-0.1, -0.05) is 18.2 Å². The smallest absolute Gasteiger partial charge is 0.497 e. The lowest BCUT2D eigenvalue weighted by Crippen LogP contribution is -2.43. The molecule has 206 valence electrons. The first kappa shape index (κ1) is 27.5. The Hall–Kier alpha value is -3.54. The van der Waals surface area contributed by atoms with Crippen LogP contribution in [0.2, 0.25) is 0 Å². The van der Waals surface area contributed by atoms with Crippen molar-refractivity contribution in [2.45, 2.75) is 18.1 Å². The second-order valence-electron chi connectivity index (χ2n) is 9.08. The Morgan fingerprint density at radius 3 is 2.26 bits per heavy atom. The van der Waals surface area contributed by atoms with Crippen LogP contribution >= 0.6 is 0 Å². The molecule has 0 unspecified atom stereocenters. The molecule has 0 aliphatic carbocycles. The molecular weight excluding hydrogens is 496 g/mol. The van der Waals surface area contributed by atoms with Crippen molar-refractivity contribution in [1.82, 2.24) is 9.80 Å². The molecule has 0 saturated carbocycles. The molecule has 2 aliphatic heterocycles. The van der Waals surface area contributed by atoms with Crippen molar-refractivity contribution in [3.63, 3.8) is 0 Å². The van der Waals surface area contributed by atoms with Gasteiger partial charge in [-0.05, 0) is 35.4 Å². The zero-order chi connectivity index (χ0) is 27.1. The Labute approximate surface area is 221 Å². The molecule has 2 aromatic carbocycles. The highest BCUT2D eigenvalue weighted by Crippen LogP contribution is 2.45. The largest absolute Gasteiger partial charge is 0.506 e. The van der Waals surface area contributed by atoms with Gasteiger partial charge in [-0.2, -0.15) is 0 Å². The van der Waals surface area contributed by atoms with Gasteiger partial charge in [0.1, 0.15) is 11.9 Å². The zero-order valence-electron chi connectivity index (χ0n) is 21.8. The Kier molecular flexibility index (Phi) is 9.27. The molecule has 1 amide bonds. The molecule has 2 aliphatic rings. The molecule has 4 rings (SSSR count). The highest BCUT2D eigenvalue weighted by atomic mass is 16.7. The number of hydrogen-bond acceptors (Lipinski definition) is 9. The summed E-state index contributed by atoms with van der Waals surface area (Å²) in [5.41, 5.74) is 1.65. The summed E-state index contributed by atoms with van der Waals surface area (Å²) in [5, 5.41) is 9.68. The number of carbonyl (C=O) groups excluding carboxylic acids is 1. The van der Waals surface area contributed by atoms with Gasteiger partial charge in [-0.3, -0.25) is 9.69 Å². The van der Waals surface area contributed by atoms with Crippen molar-refractivity contribution < 1.29 is 43.1 Å². The van der Waals surface area contributed by atoms with Crippen molar-refractivity contribution in [3.05, 3.63) is 53.6 Å². The first-order valence-corrected chi connectivity index (χ1v) is 12.4. The normalized spacial score (nSPS) is 20.3. The summed E-state index contributed by atoms with van der Waals surface area (Å²) >= 11 is 0. The van der Waals surface area contributed by atoms with Crippen LogP contribution in [-0.4, -0.2) is 101 Å². The van der Waals surface area contributed by atoms with Crippen LogP contribution in [0.3, 0.4) is 0 Å². The fourth-order valence-electron chi connectivity index (χ4n) is 5.00. The van der Waals surface area contributed by atoms with E-state index in [4.69, 9.17) is 28.4 Å². The zero-order valence-corrected chi connectivity index (χ0v) is 21.8. The van der Waals surface area contributed by atoms with Crippen LogP contribution in [0, 0.1) is 0 Å². The SMILES string of the molecule is COCCN(CCOC)C(=O)CN1C[C@H](c2ccc3c(c2)OCO3)[C@H](OC(=O)O)[C@H]1c1ccc(OC)cc1. The van der Waals surface area contributed by atoms with Crippen LogP contribution in [0.25, 0.3) is 0 Å². The summed E-state index contributed by atoms with van der Waals surface area (Å²) in [6, 6.07) is 12.4. The van der Waals surface area contributed by atoms with Crippen LogP contribution < -0.4 is 14.2 Å². The van der Waals surface area contributed by atoms with Gasteiger partial charge in [0.2, 0.25) is 12.7 Å². The summed E-state index contributed by atoms with van der Waals surface area (Å²) in [6.45, 7) is 2.20. The number of nitrogens with zero attached hydrogens (tertiary/aromatic N) is 2. The summed E-state index contributed by atoms with van der Waals surface area (Å²) in [5.74, 6) is 1.43. The molecule has 1 fully saturated rings. The van der Waals surface area contributed by atoms with Crippen LogP contribution in [0.4, 0.5) is 4.79 Å². The highest BCUT2D eigenvalue weighted by molar-refractivity contribution is 5.78. The van der Waals surface area contributed by atoms with Gasteiger partial charge in [0.25, 0.3) is 0 Å². The Bertz CT molecular complexity index is 1090. The molecule has 1 N–H and O–H groups in total. The van der Waals surface area contributed by atoms with Crippen LogP contribution in [0.1, 0.15) is 23.1 Å². The topological polar surface area (TPSA) is 116 Å². The molecule has 3 atom stereocenters. The van der Waals surface area contributed by atoms with Gasteiger partial charge in [0, 0.05) is 39.8 Å². The molecule has 11 nitrogen and oxygen atoms in total. The van der Waals surface area contributed by atoms with Crippen molar-refractivity contribution in [2.24, 2.45) is 0 Å². The minimum absolute atomic E-state index is 0.0602. The van der Waals surface area contributed by atoms with Crippen molar-refractivity contribution >= 4 is 12.1 Å². The predicted octanol–water partition coefficient (Wildman–Crippen LogP) is 2.75. The van der Waals surface area contributed by atoms with E-state index in [1.807, 2.05) is 47.4 Å². The minimum atomic E-state index is -1.38. The van der Waals surface area contributed by atoms with Crippen molar-refractivity contribution in [3.8, 4) is 17.2 Å². The quantitative estimate of drug-likeness (QED) is 0.411. The monoisotopic (exact) mass is 530 g/mol. The fraction of sp³-hybridized carbons (Fsp3) is 0.481. The average Bonchev–Trinajstić information content (AvgIpc) is 3.52. The molecule has 0 spiro atoms. The maximum Gasteiger partial charge on any atom is 0.506 e. The third-order valence-corrected chi connectivity index (χ3v) is 6.87. The van der Waals surface area contributed by atoms with Gasteiger partial charge < -0.3 is 38.4 Å². The fourth-order valence-corrected chi connectivity index (χ4v) is 5.00. The van der Waals surface area contributed by atoms with E-state index in [1.54, 1.807) is 26.2 Å². The summed E-state index contributed by atoms with van der Waals surface area (Å²) in [7, 11) is 4.75. The molecule has 11 heteroatoms. The molecule has 0 aromatic heterocycles. The minimum Gasteiger partial charge on any atom is -0.497 e. The number of benzene rings is 2. The lowest BCUT2D eigenvalue weighted by atomic mass is 9.90. The summed E-state index contributed by atoms with van der Waals surface area (Å²) in [6.07, 6.45) is -2.16. The number of rotatable bonds is 12. The molecule has 2 aromatic rings. The number of fused-ring (bicyclic) bond motifs is 1. The lowest BCUT2D eigenvalue weighted by molar-refractivity contribution is -0.134. The van der Waals surface area contributed by atoms with E-state index in [-0.39, 0.29) is 25.2 Å².